The second kappa shape index (κ2) is 7.79. The van der Waals surface area contributed by atoms with Crippen LogP contribution < -0.4 is 10.5 Å². The summed E-state index contributed by atoms with van der Waals surface area (Å²) in [5, 5.41) is 4.62. The third kappa shape index (κ3) is 3.68. The molecule has 0 unspecified atom stereocenters. The highest BCUT2D eigenvalue weighted by molar-refractivity contribution is 7.08. The first-order chi connectivity index (χ1) is 14.3. The number of H-pyrrole nitrogens is 1. The van der Waals surface area contributed by atoms with Crippen LogP contribution in [0.15, 0.2) is 64.2 Å². The van der Waals surface area contributed by atoms with Gasteiger partial charge in [-0.15, -0.1) is 0 Å². The van der Waals surface area contributed by atoms with Crippen LogP contribution in [0.2, 0.25) is 0 Å². The molecule has 5 nitrogen and oxygen atoms in total. The van der Waals surface area contributed by atoms with Crippen molar-refractivity contribution in [3.63, 3.8) is 0 Å². The highest BCUT2D eigenvalue weighted by atomic mass is 32.1. The molecular weight excluding hydrogens is 380 g/mol. The number of thiophene rings is 1. The Bertz CT molecular complexity index is 1160. The lowest BCUT2D eigenvalue weighted by atomic mass is 9.90. The minimum absolute atomic E-state index is 0.120. The number of nitrogens with zero attached hydrogens (tertiary/aromatic N) is 3. The first kappa shape index (κ1) is 18.1. The number of piperidine rings is 1. The molecular formula is C23H22N4OS. The van der Waals surface area contributed by atoms with Gasteiger partial charge in [0.1, 0.15) is 0 Å². The summed E-state index contributed by atoms with van der Waals surface area (Å²) in [7, 11) is 0. The molecule has 1 aliphatic rings. The molecule has 146 valence electrons. The summed E-state index contributed by atoms with van der Waals surface area (Å²) in [4.78, 5) is 27.2. The summed E-state index contributed by atoms with van der Waals surface area (Å²) in [5.74, 6) is 1.31. The topological polar surface area (TPSA) is 61.9 Å². The molecule has 0 saturated carbocycles. The van der Waals surface area contributed by atoms with Crippen molar-refractivity contribution >= 4 is 28.3 Å². The number of pyridine rings is 1. The molecule has 1 saturated heterocycles. The van der Waals surface area contributed by atoms with Crippen molar-refractivity contribution in [1.82, 2.24) is 15.0 Å². The molecule has 0 bridgehead atoms. The van der Waals surface area contributed by atoms with Crippen LogP contribution in [0.1, 0.15) is 18.4 Å². The molecule has 5 rings (SSSR count). The van der Waals surface area contributed by atoms with Crippen molar-refractivity contribution in [2.45, 2.75) is 19.3 Å². The van der Waals surface area contributed by atoms with Gasteiger partial charge in [-0.2, -0.15) is 16.3 Å². The van der Waals surface area contributed by atoms with E-state index < -0.39 is 0 Å². The Morgan fingerprint density at radius 2 is 1.93 bits per heavy atom. The summed E-state index contributed by atoms with van der Waals surface area (Å²) in [5.41, 5.74) is 3.71. The molecule has 6 heteroatoms. The fourth-order valence-corrected chi connectivity index (χ4v) is 4.81. The Balaban J connectivity index is 1.37. The first-order valence-electron chi connectivity index (χ1n) is 9.98. The van der Waals surface area contributed by atoms with E-state index in [4.69, 9.17) is 4.98 Å². The molecule has 3 aromatic heterocycles. The van der Waals surface area contributed by atoms with Crippen LogP contribution in [0, 0.1) is 5.92 Å². The van der Waals surface area contributed by atoms with Crippen LogP contribution in [-0.2, 0) is 6.42 Å². The van der Waals surface area contributed by atoms with Crippen molar-refractivity contribution in [2.75, 3.05) is 18.0 Å². The maximum absolute atomic E-state index is 12.9. The number of nitrogens with one attached hydrogen (secondary N) is 1. The molecule has 4 aromatic rings. The van der Waals surface area contributed by atoms with Crippen LogP contribution in [0.5, 0.6) is 0 Å². The third-order valence-electron chi connectivity index (χ3n) is 5.71. The summed E-state index contributed by atoms with van der Waals surface area (Å²) in [6.45, 7) is 1.80. The number of rotatable bonds is 4. The van der Waals surface area contributed by atoms with Gasteiger partial charge in [0.15, 0.2) is 5.65 Å². The maximum atomic E-state index is 12.9. The van der Waals surface area contributed by atoms with Gasteiger partial charge >= 0.3 is 0 Å². The van der Waals surface area contributed by atoms with E-state index in [0.29, 0.717) is 22.9 Å². The summed E-state index contributed by atoms with van der Waals surface area (Å²) in [6, 6.07) is 14.6. The Kier molecular flexibility index (Phi) is 4.86. The number of hydrogen-bond acceptors (Lipinski definition) is 5. The monoisotopic (exact) mass is 402 g/mol. The van der Waals surface area contributed by atoms with E-state index in [-0.39, 0.29) is 5.56 Å². The van der Waals surface area contributed by atoms with E-state index in [1.807, 2.05) is 22.9 Å². The van der Waals surface area contributed by atoms with Gasteiger partial charge < -0.3 is 4.90 Å². The molecule has 1 fully saturated rings. The lowest BCUT2D eigenvalue weighted by molar-refractivity contribution is 0.400. The summed E-state index contributed by atoms with van der Waals surface area (Å²) < 4.78 is 0. The van der Waals surface area contributed by atoms with E-state index in [0.717, 1.165) is 43.5 Å². The summed E-state index contributed by atoms with van der Waals surface area (Å²) in [6.07, 6.45) is 5.04. The van der Waals surface area contributed by atoms with E-state index in [2.05, 4.69) is 45.2 Å². The van der Waals surface area contributed by atoms with Crippen molar-refractivity contribution in [2.24, 2.45) is 5.92 Å². The van der Waals surface area contributed by atoms with E-state index in [9.17, 15) is 4.79 Å². The molecule has 1 aromatic carbocycles. The van der Waals surface area contributed by atoms with E-state index >= 15 is 0 Å². The van der Waals surface area contributed by atoms with Gasteiger partial charge in [-0.25, -0.2) is 4.98 Å². The minimum Gasteiger partial charge on any atom is -0.342 e. The highest BCUT2D eigenvalue weighted by Gasteiger charge is 2.22. The van der Waals surface area contributed by atoms with Crippen LogP contribution in [0.3, 0.4) is 0 Å². The Morgan fingerprint density at radius 3 is 2.69 bits per heavy atom. The average Bonchev–Trinajstić information content (AvgIpc) is 3.29. The second-order valence-corrected chi connectivity index (χ2v) is 8.36. The number of aromatic amines is 1. The highest BCUT2D eigenvalue weighted by Crippen LogP contribution is 2.28. The number of aromatic nitrogens is 3. The largest absolute Gasteiger partial charge is 0.342 e. The normalized spacial score (nSPS) is 15.1. The van der Waals surface area contributed by atoms with Crippen LogP contribution >= 0.6 is 11.3 Å². The van der Waals surface area contributed by atoms with Crippen molar-refractivity contribution in [3.05, 3.63) is 75.3 Å². The SMILES string of the molecule is O=c1[nH]c(N2CCC(Cc3ccccc3)CC2)nc2nccc(-c3ccsc3)c12. The number of benzene rings is 1. The smallest absolute Gasteiger partial charge is 0.262 e. The van der Waals surface area contributed by atoms with Gasteiger partial charge in [-0.3, -0.25) is 9.78 Å². The maximum Gasteiger partial charge on any atom is 0.262 e. The zero-order chi connectivity index (χ0) is 19.6. The zero-order valence-corrected chi connectivity index (χ0v) is 16.9. The van der Waals surface area contributed by atoms with Gasteiger partial charge in [0.25, 0.3) is 5.56 Å². The molecule has 29 heavy (non-hydrogen) atoms. The Morgan fingerprint density at radius 1 is 1.10 bits per heavy atom. The van der Waals surface area contributed by atoms with E-state index in [1.165, 1.54) is 5.56 Å². The van der Waals surface area contributed by atoms with Gasteiger partial charge in [0, 0.05) is 24.8 Å². The molecule has 0 atom stereocenters. The summed E-state index contributed by atoms with van der Waals surface area (Å²) >= 11 is 1.61. The molecule has 1 aliphatic heterocycles. The zero-order valence-electron chi connectivity index (χ0n) is 16.0. The molecule has 0 amide bonds. The average molecular weight is 403 g/mol. The Labute approximate surface area is 173 Å². The van der Waals surface area contributed by atoms with E-state index in [1.54, 1.807) is 17.5 Å². The predicted octanol–water partition coefficient (Wildman–Crippen LogP) is 4.51. The van der Waals surface area contributed by atoms with Gasteiger partial charge in [-0.1, -0.05) is 30.3 Å². The Hall–Kier alpha value is -2.99. The van der Waals surface area contributed by atoms with Crippen molar-refractivity contribution < 1.29 is 0 Å². The predicted molar refractivity (Wildman–Crippen MR) is 119 cm³/mol. The lowest BCUT2D eigenvalue weighted by Gasteiger charge is -2.32. The first-order valence-corrected chi connectivity index (χ1v) is 10.9. The quantitative estimate of drug-likeness (QED) is 0.546. The number of fused-ring (bicyclic) bond motifs is 1. The molecule has 0 aliphatic carbocycles. The number of hydrogen-bond donors (Lipinski definition) is 1. The van der Waals surface area contributed by atoms with Gasteiger partial charge in [0.2, 0.25) is 5.95 Å². The van der Waals surface area contributed by atoms with Crippen molar-refractivity contribution in [1.29, 1.82) is 0 Å². The standard InChI is InChI=1S/C23H22N4OS/c28-22-20-19(18-9-13-29-15-18)6-10-24-21(20)25-23(26-22)27-11-7-17(8-12-27)14-16-4-2-1-3-5-16/h1-6,9-10,13,15,17H,7-8,11-12,14H2,(H,24,25,26,28). The molecule has 1 N–H and O–H groups in total. The fourth-order valence-electron chi connectivity index (χ4n) is 4.16. The van der Waals surface area contributed by atoms with Crippen molar-refractivity contribution in [3.8, 4) is 11.1 Å². The van der Waals surface area contributed by atoms with Crippen LogP contribution in [0.25, 0.3) is 22.2 Å². The lowest BCUT2D eigenvalue weighted by Crippen LogP contribution is -2.36. The molecule has 0 radical (unpaired) electrons. The van der Waals surface area contributed by atoms with Crippen LogP contribution in [-0.4, -0.2) is 28.0 Å². The molecule has 0 spiro atoms. The third-order valence-corrected chi connectivity index (χ3v) is 6.39. The van der Waals surface area contributed by atoms with Gasteiger partial charge in [-0.05, 0) is 59.2 Å². The second-order valence-electron chi connectivity index (χ2n) is 7.58. The minimum atomic E-state index is -0.120. The van der Waals surface area contributed by atoms with Gasteiger partial charge in [0.05, 0.1) is 5.39 Å². The fraction of sp³-hybridized carbons (Fsp3) is 0.261. The molecule has 4 heterocycles. The number of anilines is 1. The van der Waals surface area contributed by atoms with Crippen LogP contribution in [0.4, 0.5) is 5.95 Å².